The van der Waals surface area contributed by atoms with Crippen LogP contribution >= 0.6 is 0 Å². The molecule has 144 valence electrons. The summed E-state index contributed by atoms with van der Waals surface area (Å²) in [7, 11) is 0. The lowest BCUT2D eigenvalue weighted by Crippen LogP contribution is -2.21. The maximum absolute atomic E-state index is 12.0. The molecule has 2 heterocycles. The van der Waals surface area contributed by atoms with E-state index in [0.29, 0.717) is 17.9 Å². The van der Waals surface area contributed by atoms with Gasteiger partial charge >= 0.3 is 5.97 Å². The van der Waals surface area contributed by atoms with Gasteiger partial charge in [0.15, 0.2) is 6.61 Å². The smallest absolute Gasteiger partial charge is 0.374 e. The van der Waals surface area contributed by atoms with E-state index in [-0.39, 0.29) is 17.1 Å². The van der Waals surface area contributed by atoms with Crippen LogP contribution in [0, 0.1) is 17.0 Å². The van der Waals surface area contributed by atoms with Crippen LogP contribution in [0.2, 0.25) is 0 Å². The van der Waals surface area contributed by atoms with Crippen molar-refractivity contribution in [2.75, 3.05) is 11.9 Å². The molecule has 0 atom stereocenters. The molecule has 0 aliphatic rings. The summed E-state index contributed by atoms with van der Waals surface area (Å²) < 4.78 is 11.9. The Bertz CT molecular complexity index is 1010. The summed E-state index contributed by atoms with van der Waals surface area (Å²) in [4.78, 5) is 34.3. The van der Waals surface area contributed by atoms with Crippen molar-refractivity contribution in [1.29, 1.82) is 0 Å². The van der Waals surface area contributed by atoms with Crippen molar-refractivity contribution >= 4 is 23.3 Å². The summed E-state index contributed by atoms with van der Waals surface area (Å²) in [6.45, 7) is 1.48. The molecule has 2 aromatic heterocycles. The number of ether oxygens (including phenoxy) is 1. The second kappa shape index (κ2) is 8.16. The first-order valence-corrected chi connectivity index (χ1v) is 8.20. The Morgan fingerprint density at radius 3 is 2.86 bits per heavy atom. The molecule has 10 heteroatoms. The van der Waals surface area contributed by atoms with Gasteiger partial charge in [0.2, 0.25) is 5.76 Å². The van der Waals surface area contributed by atoms with Crippen LogP contribution in [0.3, 0.4) is 0 Å². The first-order valence-electron chi connectivity index (χ1n) is 8.20. The third kappa shape index (κ3) is 4.61. The zero-order valence-corrected chi connectivity index (χ0v) is 14.8. The molecule has 3 aromatic rings. The molecule has 0 aliphatic heterocycles. The average Bonchev–Trinajstić information content (AvgIpc) is 3.34. The van der Waals surface area contributed by atoms with Crippen LogP contribution in [-0.4, -0.2) is 33.2 Å². The van der Waals surface area contributed by atoms with Crippen molar-refractivity contribution in [2.45, 2.75) is 13.5 Å². The number of anilines is 1. The molecule has 28 heavy (non-hydrogen) atoms. The van der Waals surface area contributed by atoms with Crippen LogP contribution in [0.5, 0.6) is 0 Å². The Kier molecular flexibility index (Phi) is 5.49. The second-order valence-electron chi connectivity index (χ2n) is 5.85. The summed E-state index contributed by atoms with van der Waals surface area (Å²) in [5, 5.41) is 17.4. The van der Waals surface area contributed by atoms with Gasteiger partial charge in [0.25, 0.3) is 11.6 Å². The molecule has 0 bridgehead atoms. The van der Waals surface area contributed by atoms with E-state index in [1.165, 1.54) is 24.3 Å². The standard InChI is InChI=1S/C18H16N4O6/c1-12-3-4-13(22(25)26)9-15(12)20-17(23)11-27-18(24)16-6-5-14(28-16)10-21-8-2-7-19-21/h2-9H,10-11H2,1H3,(H,20,23). The number of furan rings is 1. The third-order valence-electron chi connectivity index (χ3n) is 3.78. The molecule has 0 unspecified atom stereocenters. The van der Waals surface area contributed by atoms with Crippen LogP contribution in [0.4, 0.5) is 11.4 Å². The number of hydrogen-bond acceptors (Lipinski definition) is 7. The number of benzene rings is 1. The van der Waals surface area contributed by atoms with E-state index in [1.54, 1.807) is 36.1 Å². The van der Waals surface area contributed by atoms with Crippen molar-refractivity contribution < 1.29 is 23.7 Å². The van der Waals surface area contributed by atoms with Crippen molar-refractivity contribution in [1.82, 2.24) is 9.78 Å². The third-order valence-corrected chi connectivity index (χ3v) is 3.78. The molecule has 1 N–H and O–H groups in total. The molecule has 0 saturated heterocycles. The van der Waals surface area contributed by atoms with E-state index in [1.807, 2.05) is 0 Å². The van der Waals surface area contributed by atoms with Crippen LogP contribution in [0.15, 0.2) is 53.2 Å². The average molecular weight is 384 g/mol. The minimum absolute atomic E-state index is 0.0403. The van der Waals surface area contributed by atoms with Gasteiger partial charge in [0.05, 0.1) is 17.2 Å². The van der Waals surface area contributed by atoms with E-state index < -0.39 is 23.4 Å². The van der Waals surface area contributed by atoms with Crippen molar-refractivity contribution in [3.05, 3.63) is 76.0 Å². The second-order valence-corrected chi connectivity index (χ2v) is 5.85. The van der Waals surface area contributed by atoms with Crippen LogP contribution in [0.1, 0.15) is 21.9 Å². The minimum atomic E-state index is -0.794. The molecule has 10 nitrogen and oxygen atoms in total. The van der Waals surface area contributed by atoms with Gasteiger partial charge in [-0.15, -0.1) is 0 Å². The van der Waals surface area contributed by atoms with Crippen molar-refractivity contribution in [3.8, 4) is 0 Å². The predicted octanol–water partition coefficient (Wildman–Crippen LogP) is 2.54. The lowest BCUT2D eigenvalue weighted by molar-refractivity contribution is -0.384. The number of aryl methyl sites for hydroxylation is 1. The lowest BCUT2D eigenvalue weighted by Gasteiger charge is -2.08. The number of rotatable bonds is 7. The Morgan fingerprint density at radius 1 is 1.32 bits per heavy atom. The molecular weight excluding hydrogens is 368 g/mol. The first-order chi connectivity index (χ1) is 13.4. The van der Waals surface area contributed by atoms with Gasteiger partial charge in [0, 0.05) is 24.5 Å². The summed E-state index contributed by atoms with van der Waals surface area (Å²) >= 11 is 0. The van der Waals surface area contributed by atoms with E-state index in [9.17, 15) is 19.7 Å². The largest absolute Gasteiger partial charge is 0.452 e. The molecule has 3 rings (SSSR count). The molecular formula is C18H16N4O6. The Labute approximate surface area is 158 Å². The number of amides is 1. The van der Waals surface area contributed by atoms with Gasteiger partial charge in [-0.25, -0.2) is 4.79 Å². The van der Waals surface area contributed by atoms with E-state index >= 15 is 0 Å². The van der Waals surface area contributed by atoms with Gasteiger partial charge in [-0.3, -0.25) is 19.6 Å². The number of aromatic nitrogens is 2. The van der Waals surface area contributed by atoms with Crippen LogP contribution in [0.25, 0.3) is 0 Å². The summed E-state index contributed by atoms with van der Waals surface area (Å²) in [5.41, 5.74) is 0.757. The highest BCUT2D eigenvalue weighted by atomic mass is 16.6. The van der Waals surface area contributed by atoms with Gasteiger partial charge in [-0.1, -0.05) is 6.07 Å². The Hall–Kier alpha value is -3.95. The molecule has 1 amide bonds. The lowest BCUT2D eigenvalue weighted by atomic mass is 10.2. The fourth-order valence-corrected chi connectivity index (χ4v) is 2.37. The highest BCUT2D eigenvalue weighted by Gasteiger charge is 2.16. The molecule has 1 aromatic carbocycles. The number of carbonyl (C=O) groups is 2. The number of nitrogens with zero attached hydrogens (tertiary/aromatic N) is 3. The summed E-state index contributed by atoms with van der Waals surface area (Å²) in [5.74, 6) is -0.952. The highest BCUT2D eigenvalue weighted by molar-refractivity contribution is 5.95. The molecule has 0 aliphatic carbocycles. The first kappa shape index (κ1) is 18.8. The quantitative estimate of drug-likeness (QED) is 0.376. The Balaban J connectivity index is 1.55. The van der Waals surface area contributed by atoms with Crippen molar-refractivity contribution in [3.63, 3.8) is 0 Å². The maximum atomic E-state index is 12.0. The normalized spacial score (nSPS) is 10.5. The fourth-order valence-electron chi connectivity index (χ4n) is 2.37. The highest BCUT2D eigenvalue weighted by Crippen LogP contribution is 2.21. The zero-order chi connectivity index (χ0) is 20.1. The number of nitro benzene ring substituents is 1. The Morgan fingerprint density at radius 2 is 2.14 bits per heavy atom. The number of non-ortho nitro benzene ring substituents is 1. The zero-order valence-electron chi connectivity index (χ0n) is 14.8. The van der Waals surface area contributed by atoms with Crippen LogP contribution < -0.4 is 5.32 Å². The fraction of sp³-hybridized carbons (Fsp3) is 0.167. The number of nitro groups is 1. The maximum Gasteiger partial charge on any atom is 0.374 e. The van der Waals surface area contributed by atoms with Gasteiger partial charge < -0.3 is 14.5 Å². The topological polar surface area (TPSA) is 130 Å². The van der Waals surface area contributed by atoms with E-state index in [2.05, 4.69) is 10.4 Å². The minimum Gasteiger partial charge on any atom is -0.452 e. The molecule has 0 spiro atoms. The number of carbonyl (C=O) groups excluding carboxylic acids is 2. The van der Waals surface area contributed by atoms with Gasteiger partial charge in [0.1, 0.15) is 5.76 Å². The number of nitrogens with one attached hydrogen (secondary N) is 1. The van der Waals surface area contributed by atoms with Gasteiger partial charge in [-0.2, -0.15) is 5.10 Å². The van der Waals surface area contributed by atoms with E-state index in [4.69, 9.17) is 9.15 Å². The SMILES string of the molecule is Cc1ccc([N+](=O)[O-])cc1NC(=O)COC(=O)c1ccc(Cn2cccn2)o1. The monoisotopic (exact) mass is 384 g/mol. The number of hydrogen-bond donors (Lipinski definition) is 1. The molecule has 0 saturated carbocycles. The van der Waals surface area contributed by atoms with E-state index in [0.717, 1.165) is 0 Å². The van der Waals surface area contributed by atoms with Gasteiger partial charge in [-0.05, 0) is 30.7 Å². The van der Waals surface area contributed by atoms with Crippen molar-refractivity contribution in [2.24, 2.45) is 0 Å². The molecule has 0 fully saturated rings. The number of esters is 1. The van der Waals surface area contributed by atoms with Crippen LogP contribution in [-0.2, 0) is 16.1 Å². The summed E-state index contributed by atoms with van der Waals surface area (Å²) in [6, 6.07) is 8.92. The predicted molar refractivity (Wildman–Crippen MR) is 96.8 cm³/mol. The summed E-state index contributed by atoms with van der Waals surface area (Å²) in [6.07, 6.45) is 3.38. The molecule has 0 radical (unpaired) electrons.